The first-order chi connectivity index (χ1) is 4.31. The third kappa shape index (κ3) is 5.46. The third-order valence-corrected chi connectivity index (χ3v) is 1.14. The van der Waals surface area contributed by atoms with Crippen LogP contribution in [0.3, 0.4) is 0 Å². The SMILES string of the molecule is NCCCCC(=O)CN. The molecule has 0 atom stereocenters. The Hall–Kier alpha value is -0.410. The Morgan fingerprint density at radius 2 is 1.89 bits per heavy atom. The quantitative estimate of drug-likeness (QED) is 0.499. The molecule has 54 valence electrons. The molecule has 0 fully saturated rings. The number of hydrogen-bond acceptors (Lipinski definition) is 3. The maximum Gasteiger partial charge on any atom is 0.146 e. The summed E-state index contributed by atoms with van der Waals surface area (Å²) < 4.78 is 0. The van der Waals surface area contributed by atoms with Gasteiger partial charge in [0.25, 0.3) is 0 Å². The fourth-order valence-electron chi connectivity index (χ4n) is 0.569. The van der Waals surface area contributed by atoms with E-state index in [0.29, 0.717) is 13.0 Å². The molecular weight excluding hydrogens is 116 g/mol. The maximum atomic E-state index is 10.5. The first-order valence-corrected chi connectivity index (χ1v) is 3.23. The summed E-state index contributed by atoms with van der Waals surface area (Å²) in [5.74, 6) is 0.128. The summed E-state index contributed by atoms with van der Waals surface area (Å²) in [4.78, 5) is 10.5. The summed E-state index contributed by atoms with van der Waals surface area (Å²) in [5.41, 5.74) is 10.3. The van der Waals surface area contributed by atoms with Gasteiger partial charge < -0.3 is 11.5 Å². The van der Waals surface area contributed by atoms with Crippen LogP contribution in [0, 0.1) is 0 Å². The van der Waals surface area contributed by atoms with Gasteiger partial charge >= 0.3 is 0 Å². The lowest BCUT2D eigenvalue weighted by atomic mass is 10.2. The minimum absolute atomic E-state index is 0.128. The molecule has 0 radical (unpaired) electrons. The van der Waals surface area contributed by atoms with Crippen LogP contribution in [0.15, 0.2) is 0 Å². The Bertz CT molecular complexity index is 83.1. The van der Waals surface area contributed by atoms with Crippen LogP contribution >= 0.6 is 0 Å². The molecule has 0 aromatic carbocycles. The van der Waals surface area contributed by atoms with Gasteiger partial charge in [-0.05, 0) is 19.4 Å². The van der Waals surface area contributed by atoms with E-state index in [0.717, 1.165) is 12.8 Å². The first-order valence-electron chi connectivity index (χ1n) is 3.23. The number of unbranched alkanes of at least 4 members (excludes halogenated alkanes) is 1. The molecule has 0 amide bonds. The predicted octanol–water partition coefficient (Wildman–Crippen LogP) is -0.357. The Morgan fingerprint density at radius 3 is 2.33 bits per heavy atom. The molecule has 0 saturated carbocycles. The van der Waals surface area contributed by atoms with E-state index < -0.39 is 0 Å². The van der Waals surface area contributed by atoms with Crippen LogP contribution in [0.25, 0.3) is 0 Å². The standard InChI is InChI=1S/C6H14N2O/c7-4-2-1-3-6(9)5-8/h1-5,7-8H2. The molecule has 3 nitrogen and oxygen atoms in total. The number of ketones is 1. The summed E-state index contributed by atoms with van der Waals surface area (Å²) in [7, 11) is 0. The van der Waals surface area contributed by atoms with Crippen LogP contribution in [0.2, 0.25) is 0 Å². The topological polar surface area (TPSA) is 69.1 Å². The van der Waals surface area contributed by atoms with Crippen LogP contribution in [0.4, 0.5) is 0 Å². The lowest BCUT2D eigenvalue weighted by Gasteiger charge is -1.94. The van der Waals surface area contributed by atoms with Crippen molar-refractivity contribution in [3.63, 3.8) is 0 Å². The smallest absolute Gasteiger partial charge is 0.146 e. The van der Waals surface area contributed by atoms with Crippen LogP contribution in [0.1, 0.15) is 19.3 Å². The van der Waals surface area contributed by atoms with Crippen LogP contribution < -0.4 is 11.5 Å². The molecule has 0 spiro atoms. The average molecular weight is 130 g/mol. The van der Waals surface area contributed by atoms with Gasteiger partial charge in [0, 0.05) is 6.42 Å². The minimum Gasteiger partial charge on any atom is -0.330 e. The number of nitrogens with two attached hydrogens (primary N) is 2. The van der Waals surface area contributed by atoms with Crippen molar-refractivity contribution in [2.75, 3.05) is 13.1 Å². The number of rotatable bonds is 5. The predicted molar refractivity (Wildman–Crippen MR) is 37.0 cm³/mol. The monoisotopic (exact) mass is 130 g/mol. The van der Waals surface area contributed by atoms with Crippen molar-refractivity contribution >= 4 is 5.78 Å². The van der Waals surface area contributed by atoms with E-state index in [2.05, 4.69) is 0 Å². The Labute approximate surface area is 55.4 Å². The zero-order chi connectivity index (χ0) is 7.11. The third-order valence-electron chi connectivity index (χ3n) is 1.14. The molecule has 0 aromatic rings. The molecule has 4 N–H and O–H groups in total. The van der Waals surface area contributed by atoms with Gasteiger partial charge in [-0.3, -0.25) is 4.79 Å². The largest absolute Gasteiger partial charge is 0.330 e. The summed E-state index contributed by atoms with van der Waals surface area (Å²) >= 11 is 0. The van der Waals surface area contributed by atoms with Crippen molar-refractivity contribution in [2.45, 2.75) is 19.3 Å². The van der Waals surface area contributed by atoms with E-state index in [4.69, 9.17) is 11.5 Å². The molecule has 0 aromatic heterocycles. The molecule has 0 bridgehead atoms. The van der Waals surface area contributed by atoms with Gasteiger partial charge in [0.15, 0.2) is 0 Å². The van der Waals surface area contributed by atoms with E-state index in [-0.39, 0.29) is 12.3 Å². The van der Waals surface area contributed by atoms with Crippen molar-refractivity contribution < 1.29 is 4.79 Å². The van der Waals surface area contributed by atoms with E-state index in [1.165, 1.54) is 0 Å². The number of carbonyl (C=O) groups is 1. The van der Waals surface area contributed by atoms with Crippen molar-refractivity contribution in [1.82, 2.24) is 0 Å². The highest BCUT2D eigenvalue weighted by Gasteiger charge is 1.95. The van der Waals surface area contributed by atoms with E-state index >= 15 is 0 Å². The lowest BCUT2D eigenvalue weighted by Crippen LogP contribution is -2.13. The Kier molecular flexibility index (Phi) is 5.46. The number of carbonyl (C=O) groups excluding carboxylic acids is 1. The van der Waals surface area contributed by atoms with Crippen LogP contribution in [-0.4, -0.2) is 18.9 Å². The molecule has 0 aliphatic rings. The van der Waals surface area contributed by atoms with Crippen LogP contribution in [-0.2, 0) is 4.79 Å². The van der Waals surface area contributed by atoms with Gasteiger partial charge in [-0.2, -0.15) is 0 Å². The van der Waals surface area contributed by atoms with E-state index in [9.17, 15) is 4.79 Å². The van der Waals surface area contributed by atoms with Crippen molar-refractivity contribution in [3.05, 3.63) is 0 Å². The Balaban J connectivity index is 2.97. The van der Waals surface area contributed by atoms with Crippen molar-refractivity contribution in [1.29, 1.82) is 0 Å². The molecule has 0 rings (SSSR count). The van der Waals surface area contributed by atoms with Gasteiger partial charge in [0.05, 0.1) is 6.54 Å². The molecular formula is C6H14N2O. The second kappa shape index (κ2) is 5.72. The number of Topliss-reactive ketones (excluding diaryl/α,β-unsaturated/α-hetero) is 1. The molecule has 0 saturated heterocycles. The zero-order valence-electron chi connectivity index (χ0n) is 5.60. The molecule has 0 aliphatic carbocycles. The molecule has 3 heteroatoms. The first kappa shape index (κ1) is 8.59. The normalized spacial score (nSPS) is 9.56. The summed E-state index contributed by atoms with van der Waals surface area (Å²) in [5, 5.41) is 0. The highest BCUT2D eigenvalue weighted by Crippen LogP contribution is 1.92. The average Bonchev–Trinajstić information content (AvgIpc) is 1.89. The second-order valence-corrected chi connectivity index (χ2v) is 1.99. The van der Waals surface area contributed by atoms with Gasteiger partial charge in [-0.25, -0.2) is 0 Å². The van der Waals surface area contributed by atoms with Crippen LogP contribution in [0.5, 0.6) is 0 Å². The Morgan fingerprint density at radius 1 is 1.22 bits per heavy atom. The van der Waals surface area contributed by atoms with Gasteiger partial charge in [0.2, 0.25) is 0 Å². The number of hydrogen-bond donors (Lipinski definition) is 2. The molecule has 0 unspecified atom stereocenters. The zero-order valence-corrected chi connectivity index (χ0v) is 5.60. The summed E-state index contributed by atoms with van der Waals surface area (Å²) in [6.07, 6.45) is 2.39. The van der Waals surface area contributed by atoms with E-state index in [1.54, 1.807) is 0 Å². The van der Waals surface area contributed by atoms with Crippen molar-refractivity contribution in [2.24, 2.45) is 11.5 Å². The molecule has 9 heavy (non-hydrogen) atoms. The maximum absolute atomic E-state index is 10.5. The molecule has 0 heterocycles. The minimum atomic E-state index is 0.128. The highest BCUT2D eigenvalue weighted by atomic mass is 16.1. The van der Waals surface area contributed by atoms with Crippen molar-refractivity contribution in [3.8, 4) is 0 Å². The molecule has 0 aliphatic heterocycles. The summed E-state index contributed by atoms with van der Waals surface area (Å²) in [6.45, 7) is 0.836. The van der Waals surface area contributed by atoms with E-state index in [1.807, 2.05) is 0 Å². The second-order valence-electron chi connectivity index (χ2n) is 1.99. The summed E-state index contributed by atoms with van der Waals surface area (Å²) in [6, 6.07) is 0. The highest BCUT2D eigenvalue weighted by molar-refractivity contribution is 5.80. The van der Waals surface area contributed by atoms with Gasteiger partial charge in [-0.15, -0.1) is 0 Å². The van der Waals surface area contributed by atoms with Gasteiger partial charge in [0.1, 0.15) is 5.78 Å². The van der Waals surface area contributed by atoms with Gasteiger partial charge in [-0.1, -0.05) is 0 Å². The fourth-order valence-corrected chi connectivity index (χ4v) is 0.569. The lowest BCUT2D eigenvalue weighted by molar-refractivity contribution is -0.117. The fraction of sp³-hybridized carbons (Fsp3) is 0.833.